The first kappa shape index (κ1) is 15.4. The smallest absolute Gasteiger partial charge is 0.250 e. The van der Waals surface area contributed by atoms with Crippen LogP contribution in [-0.4, -0.2) is 17.5 Å². The molecule has 116 valence electrons. The second kappa shape index (κ2) is 7.67. The van der Waals surface area contributed by atoms with Gasteiger partial charge in [-0.05, 0) is 29.8 Å². The SMILES string of the molecule is O=C(COCc1ccccc1)Nc1ccc(-c2nccs2)cc1. The number of anilines is 1. The molecule has 23 heavy (non-hydrogen) atoms. The molecule has 1 N–H and O–H groups in total. The van der Waals surface area contributed by atoms with E-state index in [1.165, 1.54) is 0 Å². The van der Waals surface area contributed by atoms with Gasteiger partial charge in [0.1, 0.15) is 11.6 Å². The molecule has 1 aromatic heterocycles. The highest BCUT2D eigenvalue weighted by molar-refractivity contribution is 7.13. The van der Waals surface area contributed by atoms with E-state index in [9.17, 15) is 4.79 Å². The summed E-state index contributed by atoms with van der Waals surface area (Å²) in [6.07, 6.45) is 1.78. The molecule has 3 aromatic rings. The Kier molecular flexibility index (Phi) is 5.13. The molecule has 0 aliphatic carbocycles. The largest absolute Gasteiger partial charge is 0.367 e. The molecule has 1 amide bonds. The van der Waals surface area contributed by atoms with Crippen LogP contribution >= 0.6 is 11.3 Å². The maximum absolute atomic E-state index is 11.9. The fourth-order valence-corrected chi connectivity index (χ4v) is 2.74. The van der Waals surface area contributed by atoms with Gasteiger partial charge in [-0.1, -0.05) is 30.3 Å². The molecule has 5 heteroatoms. The van der Waals surface area contributed by atoms with Crippen molar-refractivity contribution in [1.82, 2.24) is 4.98 Å². The minimum atomic E-state index is -0.164. The standard InChI is InChI=1S/C18H16N2O2S/c21-17(13-22-12-14-4-2-1-3-5-14)20-16-8-6-15(7-9-16)18-19-10-11-23-18/h1-11H,12-13H2,(H,20,21). The third-order valence-corrected chi connectivity index (χ3v) is 4.01. The minimum Gasteiger partial charge on any atom is -0.367 e. The number of amides is 1. The molecular weight excluding hydrogens is 308 g/mol. The molecule has 0 saturated heterocycles. The van der Waals surface area contributed by atoms with E-state index < -0.39 is 0 Å². The Morgan fingerprint density at radius 2 is 1.87 bits per heavy atom. The lowest BCUT2D eigenvalue weighted by Crippen LogP contribution is -2.18. The van der Waals surface area contributed by atoms with Gasteiger partial charge in [-0.25, -0.2) is 4.98 Å². The number of rotatable bonds is 6. The zero-order chi connectivity index (χ0) is 15.9. The average Bonchev–Trinajstić information content (AvgIpc) is 3.11. The summed E-state index contributed by atoms with van der Waals surface area (Å²) in [6.45, 7) is 0.459. The summed E-state index contributed by atoms with van der Waals surface area (Å²) in [5.41, 5.74) is 2.84. The second-order valence-corrected chi connectivity index (χ2v) is 5.84. The number of carbonyl (C=O) groups excluding carboxylic acids is 1. The van der Waals surface area contributed by atoms with E-state index in [1.54, 1.807) is 17.5 Å². The predicted molar refractivity (Wildman–Crippen MR) is 92.3 cm³/mol. The van der Waals surface area contributed by atoms with Crippen molar-refractivity contribution in [2.24, 2.45) is 0 Å². The number of thiazole rings is 1. The molecule has 0 aliphatic rings. The molecule has 0 bridgehead atoms. The van der Waals surface area contributed by atoms with Crippen LogP contribution in [0.3, 0.4) is 0 Å². The van der Waals surface area contributed by atoms with Gasteiger partial charge in [0.15, 0.2) is 0 Å². The molecule has 4 nitrogen and oxygen atoms in total. The van der Waals surface area contributed by atoms with Crippen molar-refractivity contribution in [2.75, 3.05) is 11.9 Å². The van der Waals surface area contributed by atoms with Crippen LogP contribution in [0.15, 0.2) is 66.2 Å². The van der Waals surface area contributed by atoms with Gasteiger partial charge < -0.3 is 10.1 Å². The maximum atomic E-state index is 11.9. The van der Waals surface area contributed by atoms with Crippen LogP contribution in [0.1, 0.15) is 5.56 Å². The van der Waals surface area contributed by atoms with E-state index in [0.29, 0.717) is 6.61 Å². The quantitative estimate of drug-likeness (QED) is 0.746. The lowest BCUT2D eigenvalue weighted by atomic mass is 10.2. The molecule has 0 fully saturated rings. The van der Waals surface area contributed by atoms with Gasteiger partial charge in [0.05, 0.1) is 6.61 Å². The van der Waals surface area contributed by atoms with E-state index in [1.807, 2.05) is 60.0 Å². The molecule has 1 heterocycles. The van der Waals surface area contributed by atoms with Crippen LogP contribution in [0.4, 0.5) is 5.69 Å². The molecular formula is C18H16N2O2S. The van der Waals surface area contributed by atoms with E-state index in [-0.39, 0.29) is 12.5 Å². The van der Waals surface area contributed by atoms with Crippen molar-refractivity contribution in [2.45, 2.75) is 6.61 Å². The number of benzene rings is 2. The first-order chi connectivity index (χ1) is 11.3. The Morgan fingerprint density at radius 3 is 2.57 bits per heavy atom. The number of carbonyl (C=O) groups is 1. The van der Waals surface area contributed by atoms with E-state index in [2.05, 4.69) is 10.3 Å². The Morgan fingerprint density at radius 1 is 1.09 bits per heavy atom. The fourth-order valence-electron chi connectivity index (χ4n) is 2.10. The summed E-state index contributed by atoms with van der Waals surface area (Å²) in [4.78, 5) is 16.1. The highest BCUT2D eigenvalue weighted by Crippen LogP contribution is 2.23. The summed E-state index contributed by atoms with van der Waals surface area (Å²) >= 11 is 1.59. The van der Waals surface area contributed by atoms with Crippen molar-refractivity contribution in [3.05, 3.63) is 71.7 Å². The van der Waals surface area contributed by atoms with Crippen LogP contribution in [0.25, 0.3) is 10.6 Å². The Hall–Kier alpha value is -2.50. The molecule has 0 spiro atoms. The highest BCUT2D eigenvalue weighted by atomic mass is 32.1. The lowest BCUT2D eigenvalue weighted by Gasteiger charge is -2.07. The van der Waals surface area contributed by atoms with Gasteiger partial charge >= 0.3 is 0 Å². The molecule has 0 aliphatic heterocycles. The fraction of sp³-hybridized carbons (Fsp3) is 0.111. The van der Waals surface area contributed by atoms with Gasteiger partial charge in [0.2, 0.25) is 5.91 Å². The van der Waals surface area contributed by atoms with Gasteiger partial charge in [0.25, 0.3) is 0 Å². The van der Waals surface area contributed by atoms with Gasteiger partial charge in [-0.3, -0.25) is 4.79 Å². The number of hydrogen-bond acceptors (Lipinski definition) is 4. The first-order valence-electron chi connectivity index (χ1n) is 7.23. The number of nitrogens with zero attached hydrogens (tertiary/aromatic N) is 1. The van der Waals surface area contributed by atoms with Crippen LogP contribution in [0.5, 0.6) is 0 Å². The number of ether oxygens (including phenoxy) is 1. The summed E-state index contributed by atoms with van der Waals surface area (Å²) < 4.78 is 5.42. The van der Waals surface area contributed by atoms with Gasteiger partial charge in [0, 0.05) is 22.8 Å². The summed E-state index contributed by atoms with van der Waals surface area (Å²) in [7, 11) is 0. The second-order valence-electron chi connectivity index (χ2n) is 4.94. The zero-order valence-corrected chi connectivity index (χ0v) is 13.3. The van der Waals surface area contributed by atoms with Crippen LogP contribution in [-0.2, 0) is 16.1 Å². The Bertz CT molecular complexity index is 740. The topological polar surface area (TPSA) is 51.2 Å². The predicted octanol–water partition coefficient (Wildman–Crippen LogP) is 3.97. The molecule has 0 atom stereocenters. The molecule has 2 aromatic carbocycles. The van der Waals surface area contributed by atoms with E-state index >= 15 is 0 Å². The summed E-state index contributed by atoms with van der Waals surface area (Å²) in [5, 5.41) is 5.73. The van der Waals surface area contributed by atoms with Gasteiger partial charge in [-0.15, -0.1) is 11.3 Å². The molecule has 3 rings (SSSR count). The summed E-state index contributed by atoms with van der Waals surface area (Å²) in [6, 6.07) is 17.4. The first-order valence-corrected chi connectivity index (χ1v) is 8.11. The number of nitrogens with one attached hydrogen (secondary N) is 1. The number of aromatic nitrogens is 1. The van der Waals surface area contributed by atoms with Crippen molar-refractivity contribution in [1.29, 1.82) is 0 Å². The van der Waals surface area contributed by atoms with Crippen LogP contribution in [0, 0.1) is 0 Å². The average molecular weight is 324 g/mol. The molecule has 0 saturated carbocycles. The van der Waals surface area contributed by atoms with E-state index in [0.717, 1.165) is 21.8 Å². The third kappa shape index (κ3) is 4.48. The minimum absolute atomic E-state index is 0.0309. The Labute approximate surface area is 138 Å². The van der Waals surface area contributed by atoms with Crippen molar-refractivity contribution in [3.8, 4) is 10.6 Å². The van der Waals surface area contributed by atoms with Gasteiger partial charge in [-0.2, -0.15) is 0 Å². The van der Waals surface area contributed by atoms with Crippen molar-refractivity contribution in [3.63, 3.8) is 0 Å². The molecule has 0 unspecified atom stereocenters. The monoisotopic (exact) mass is 324 g/mol. The van der Waals surface area contributed by atoms with E-state index in [4.69, 9.17) is 4.74 Å². The number of hydrogen-bond donors (Lipinski definition) is 1. The zero-order valence-electron chi connectivity index (χ0n) is 12.4. The third-order valence-electron chi connectivity index (χ3n) is 3.19. The molecule has 0 radical (unpaired) electrons. The summed E-state index contributed by atoms with van der Waals surface area (Å²) in [5.74, 6) is -0.164. The normalized spacial score (nSPS) is 10.4. The van der Waals surface area contributed by atoms with Crippen LogP contribution < -0.4 is 5.32 Å². The van der Waals surface area contributed by atoms with Crippen molar-refractivity contribution >= 4 is 22.9 Å². The maximum Gasteiger partial charge on any atom is 0.250 e. The van der Waals surface area contributed by atoms with Crippen molar-refractivity contribution < 1.29 is 9.53 Å². The highest BCUT2D eigenvalue weighted by Gasteiger charge is 2.04. The lowest BCUT2D eigenvalue weighted by molar-refractivity contribution is -0.121. The van der Waals surface area contributed by atoms with Crippen LogP contribution in [0.2, 0.25) is 0 Å². The Balaban J connectivity index is 1.48.